The lowest BCUT2D eigenvalue weighted by Gasteiger charge is -2.08. The molecule has 0 unspecified atom stereocenters. The number of anilines is 1. The Morgan fingerprint density at radius 3 is 2.73 bits per heavy atom. The molecule has 0 aliphatic heterocycles. The van der Waals surface area contributed by atoms with Gasteiger partial charge in [-0.3, -0.25) is 0 Å². The van der Waals surface area contributed by atoms with Crippen molar-refractivity contribution in [1.29, 1.82) is 0 Å². The summed E-state index contributed by atoms with van der Waals surface area (Å²) >= 11 is 0. The summed E-state index contributed by atoms with van der Waals surface area (Å²) in [6.07, 6.45) is 0. The van der Waals surface area contributed by atoms with Crippen molar-refractivity contribution in [2.24, 2.45) is 0 Å². The molecule has 2 aromatic rings. The lowest BCUT2D eigenvalue weighted by Crippen LogP contribution is -1.91. The first kappa shape index (κ1) is 9.59. The van der Waals surface area contributed by atoms with E-state index in [0.717, 1.165) is 22.6 Å². The number of hydrogen-bond acceptors (Lipinski definition) is 2. The Morgan fingerprint density at radius 1 is 1.20 bits per heavy atom. The second-order valence-corrected chi connectivity index (χ2v) is 3.24. The SMILES string of the molecule is COc1ccc(N)cc1-c1[c]cccc1. The van der Waals surface area contributed by atoms with Gasteiger partial charge in [-0.15, -0.1) is 0 Å². The number of nitrogen functional groups attached to an aromatic ring is 1. The molecule has 1 radical (unpaired) electrons. The highest BCUT2D eigenvalue weighted by molar-refractivity contribution is 5.73. The van der Waals surface area contributed by atoms with Crippen LogP contribution in [0.2, 0.25) is 0 Å². The molecule has 0 atom stereocenters. The van der Waals surface area contributed by atoms with E-state index >= 15 is 0 Å². The number of ether oxygens (including phenoxy) is 1. The van der Waals surface area contributed by atoms with Crippen LogP contribution >= 0.6 is 0 Å². The number of nitrogens with two attached hydrogens (primary N) is 1. The van der Waals surface area contributed by atoms with Gasteiger partial charge in [0.05, 0.1) is 7.11 Å². The Bertz CT molecular complexity index is 451. The molecular weight excluding hydrogens is 186 g/mol. The minimum absolute atomic E-state index is 0.725. The van der Waals surface area contributed by atoms with Crippen LogP contribution in [-0.2, 0) is 0 Å². The van der Waals surface area contributed by atoms with Crippen molar-refractivity contribution in [3.05, 3.63) is 48.5 Å². The third-order valence-corrected chi connectivity index (χ3v) is 2.22. The lowest BCUT2D eigenvalue weighted by molar-refractivity contribution is 0.416. The van der Waals surface area contributed by atoms with Crippen LogP contribution in [0, 0.1) is 6.07 Å². The average Bonchev–Trinajstić information content (AvgIpc) is 2.30. The van der Waals surface area contributed by atoms with Crippen molar-refractivity contribution in [3.63, 3.8) is 0 Å². The molecule has 0 aromatic heterocycles. The van der Waals surface area contributed by atoms with Crippen LogP contribution < -0.4 is 10.5 Å². The first-order valence-electron chi connectivity index (χ1n) is 4.72. The number of benzene rings is 2. The van der Waals surface area contributed by atoms with Crippen molar-refractivity contribution >= 4 is 5.69 Å². The van der Waals surface area contributed by atoms with Crippen LogP contribution in [0.5, 0.6) is 5.75 Å². The molecule has 0 aliphatic carbocycles. The zero-order valence-electron chi connectivity index (χ0n) is 8.53. The summed E-state index contributed by atoms with van der Waals surface area (Å²) in [4.78, 5) is 0. The van der Waals surface area contributed by atoms with Crippen LogP contribution in [0.1, 0.15) is 0 Å². The summed E-state index contributed by atoms with van der Waals surface area (Å²) in [5.74, 6) is 0.812. The summed E-state index contributed by atoms with van der Waals surface area (Å²) in [5, 5.41) is 0. The van der Waals surface area contributed by atoms with E-state index in [9.17, 15) is 0 Å². The van der Waals surface area contributed by atoms with E-state index in [1.807, 2.05) is 42.5 Å². The topological polar surface area (TPSA) is 35.2 Å². The molecule has 0 fully saturated rings. The van der Waals surface area contributed by atoms with Gasteiger partial charge in [-0.1, -0.05) is 24.3 Å². The Labute approximate surface area is 89.3 Å². The largest absolute Gasteiger partial charge is 0.496 e. The van der Waals surface area contributed by atoms with Crippen LogP contribution in [0.25, 0.3) is 11.1 Å². The van der Waals surface area contributed by atoms with E-state index in [1.165, 1.54) is 0 Å². The predicted octanol–water partition coefficient (Wildman–Crippen LogP) is 2.74. The van der Waals surface area contributed by atoms with Gasteiger partial charge in [-0.05, 0) is 29.8 Å². The molecule has 0 aliphatic rings. The van der Waals surface area contributed by atoms with Gasteiger partial charge in [-0.25, -0.2) is 0 Å². The third-order valence-electron chi connectivity index (χ3n) is 2.22. The highest BCUT2D eigenvalue weighted by atomic mass is 16.5. The molecule has 0 bridgehead atoms. The molecule has 2 N–H and O–H groups in total. The Kier molecular flexibility index (Phi) is 2.59. The van der Waals surface area contributed by atoms with E-state index in [1.54, 1.807) is 7.11 Å². The summed E-state index contributed by atoms with van der Waals surface area (Å²) < 4.78 is 5.28. The van der Waals surface area contributed by atoms with Gasteiger partial charge in [0.1, 0.15) is 5.75 Å². The van der Waals surface area contributed by atoms with Gasteiger partial charge in [-0.2, -0.15) is 0 Å². The average molecular weight is 198 g/mol. The van der Waals surface area contributed by atoms with Gasteiger partial charge in [0.2, 0.25) is 0 Å². The predicted molar refractivity (Wildman–Crippen MR) is 61.7 cm³/mol. The zero-order chi connectivity index (χ0) is 10.7. The van der Waals surface area contributed by atoms with Gasteiger partial charge >= 0.3 is 0 Å². The van der Waals surface area contributed by atoms with Crippen molar-refractivity contribution in [2.75, 3.05) is 12.8 Å². The first-order chi connectivity index (χ1) is 7.31. The van der Waals surface area contributed by atoms with Crippen LogP contribution in [0.15, 0.2) is 42.5 Å². The molecule has 2 heteroatoms. The summed E-state index contributed by atoms with van der Waals surface area (Å²) in [6, 6.07) is 16.5. The van der Waals surface area contributed by atoms with Crippen molar-refractivity contribution in [1.82, 2.24) is 0 Å². The Morgan fingerprint density at radius 2 is 2.07 bits per heavy atom. The zero-order valence-corrected chi connectivity index (χ0v) is 8.53. The maximum atomic E-state index is 5.75. The smallest absolute Gasteiger partial charge is 0.126 e. The van der Waals surface area contributed by atoms with Crippen molar-refractivity contribution in [3.8, 4) is 16.9 Å². The summed E-state index contributed by atoms with van der Waals surface area (Å²) in [5.41, 5.74) is 8.43. The second-order valence-electron chi connectivity index (χ2n) is 3.24. The number of hydrogen-bond donors (Lipinski definition) is 1. The fourth-order valence-electron chi connectivity index (χ4n) is 1.50. The fraction of sp³-hybridized carbons (Fsp3) is 0.0769. The summed E-state index contributed by atoms with van der Waals surface area (Å²) in [6.45, 7) is 0. The van der Waals surface area contributed by atoms with E-state index in [4.69, 9.17) is 10.5 Å². The van der Waals surface area contributed by atoms with Crippen LogP contribution in [0.4, 0.5) is 5.69 Å². The van der Waals surface area contributed by atoms with Crippen molar-refractivity contribution in [2.45, 2.75) is 0 Å². The highest BCUT2D eigenvalue weighted by Crippen LogP contribution is 2.30. The molecule has 75 valence electrons. The van der Waals surface area contributed by atoms with E-state index in [-0.39, 0.29) is 0 Å². The number of rotatable bonds is 2. The monoisotopic (exact) mass is 198 g/mol. The quantitative estimate of drug-likeness (QED) is 0.753. The molecule has 0 spiro atoms. The van der Waals surface area contributed by atoms with Gasteiger partial charge in [0.25, 0.3) is 0 Å². The molecule has 0 saturated carbocycles. The summed E-state index contributed by atoms with van der Waals surface area (Å²) in [7, 11) is 1.65. The van der Waals surface area contributed by atoms with Crippen molar-refractivity contribution < 1.29 is 4.74 Å². The fourth-order valence-corrected chi connectivity index (χ4v) is 1.50. The molecule has 2 nitrogen and oxygen atoms in total. The molecule has 2 rings (SSSR count). The minimum atomic E-state index is 0.725. The first-order valence-corrected chi connectivity index (χ1v) is 4.72. The van der Waals surface area contributed by atoms with Crippen LogP contribution in [-0.4, -0.2) is 7.11 Å². The van der Waals surface area contributed by atoms with E-state index in [2.05, 4.69) is 6.07 Å². The molecule has 0 amide bonds. The van der Waals surface area contributed by atoms with Crippen LogP contribution in [0.3, 0.4) is 0 Å². The molecule has 0 heterocycles. The molecule has 2 aromatic carbocycles. The standard InChI is InChI=1S/C13H12NO/c1-15-13-8-7-11(14)9-12(13)10-5-3-2-4-6-10/h2-5,7-9H,14H2,1H3. The Balaban J connectivity index is 2.56. The van der Waals surface area contributed by atoms with E-state index < -0.39 is 0 Å². The Hall–Kier alpha value is -1.96. The third kappa shape index (κ3) is 1.94. The second kappa shape index (κ2) is 4.05. The minimum Gasteiger partial charge on any atom is -0.496 e. The van der Waals surface area contributed by atoms with Gasteiger partial charge in [0, 0.05) is 11.3 Å². The van der Waals surface area contributed by atoms with Gasteiger partial charge < -0.3 is 10.5 Å². The molecule has 15 heavy (non-hydrogen) atoms. The number of methoxy groups -OCH3 is 1. The highest BCUT2D eigenvalue weighted by Gasteiger charge is 2.05. The maximum Gasteiger partial charge on any atom is 0.126 e. The maximum absolute atomic E-state index is 5.75. The molecular formula is C13H12NO. The van der Waals surface area contributed by atoms with Gasteiger partial charge in [0.15, 0.2) is 0 Å². The normalized spacial score (nSPS) is 9.93. The van der Waals surface area contributed by atoms with E-state index in [0.29, 0.717) is 0 Å². The molecule has 0 saturated heterocycles. The lowest BCUT2D eigenvalue weighted by atomic mass is 10.0.